The highest BCUT2D eigenvalue weighted by atomic mass is 19.4. The lowest BCUT2D eigenvalue weighted by Gasteiger charge is -2.09. The summed E-state index contributed by atoms with van der Waals surface area (Å²) in [7, 11) is 1.63. The lowest BCUT2D eigenvalue weighted by atomic mass is 10.0. The van der Waals surface area contributed by atoms with Gasteiger partial charge in [0.2, 0.25) is 0 Å². The van der Waals surface area contributed by atoms with Gasteiger partial charge in [-0.3, -0.25) is 19.4 Å². The highest BCUT2D eigenvalue weighted by Crippen LogP contribution is 2.35. The van der Waals surface area contributed by atoms with E-state index in [2.05, 4.69) is 20.5 Å². The monoisotopic (exact) mass is 574 g/mol. The number of benzene rings is 3. The van der Waals surface area contributed by atoms with Crippen LogP contribution in [-0.2, 0) is 19.8 Å². The molecule has 0 aliphatic carbocycles. The third-order valence-electron chi connectivity index (χ3n) is 6.84. The molecule has 1 amide bonds. The molecule has 3 aromatic carbocycles. The molecule has 0 spiro atoms. The Morgan fingerprint density at radius 2 is 1.81 bits per heavy atom. The van der Waals surface area contributed by atoms with Crippen molar-refractivity contribution < 1.29 is 28.2 Å². The van der Waals surface area contributed by atoms with E-state index >= 15 is 0 Å². The Hall–Kier alpha value is -5.59. The van der Waals surface area contributed by atoms with Crippen LogP contribution in [0.25, 0.3) is 38.9 Å². The van der Waals surface area contributed by atoms with Gasteiger partial charge in [-0.2, -0.15) is 18.3 Å². The number of pyridine rings is 1. The number of nitrogens with zero attached hydrogens (tertiary/aromatic N) is 4. The van der Waals surface area contributed by atoms with E-state index in [1.165, 1.54) is 45.9 Å². The zero-order valence-electron chi connectivity index (χ0n) is 21.8. The molecule has 0 atom stereocenters. The van der Waals surface area contributed by atoms with Crippen molar-refractivity contribution in [3.05, 3.63) is 100.0 Å². The number of phenolic OH excluding ortho intramolecular Hbond substituents is 2. The topological polar surface area (TPSA) is 138 Å². The van der Waals surface area contributed by atoms with Crippen molar-refractivity contribution in [2.24, 2.45) is 7.05 Å². The fraction of sp³-hybridized carbons (Fsp3) is 0.103. The predicted octanol–water partition coefficient (Wildman–Crippen LogP) is 4.63. The number of hydrogen-bond acceptors (Lipinski definition) is 6. The van der Waals surface area contributed by atoms with Crippen molar-refractivity contribution in [3.63, 3.8) is 0 Å². The second-order valence-corrected chi connectivity index (χ2v) is 9.60. The largest absolute Gasteiger partial charge is 0.504 e. The first kappa shape index (κ1) is 26.6. The van der Waals surface area contributed by atoms with E-state index in [1.54, 1.807) is 31.3 Å². The Morgan fingerprint density at radius 3 is 2.57 bits per heavy atom. The SMILES string of the molecule is Cn1ncc2c3[nH]n(-c4cccc(C(=O)NCc5ccc(O)c(O)c5)c4)c(=O)c3c(-c3cccc(C(F)(F)F)c3)nc21. The molecule has 0 saturated heterocycles. The van der Waals surface area contributed by atoms with Crippen LogP contribution in [0, 0.1) is 0 Å². The molecule has 10 nitrogen and oxygen atoms in total. The summed E-state index contributed by atoms with van der Waals surface area (Å²) in [5.41, 5.74) is 0.473. The van der Waals surface area contributed by atoms with Crippen molar-refractivity contribution in [1.82, 2.24) is 29.9 Å². The number of hydrogen-bond donors (Lipinski definition) is 4. The number of halogens is 3. The van der Waals surface area contributed by atoms with E-state index in [-0.39, 0.29) is 40.3 Å². The van der Waals surface area contributed by atoms with E-state index in [4.69, 9.17) is 0 Å². The zero-order chi connectivity index (χ0) is 29.8. The van der Waals surface area contributed by atoms with Gasteiger partial charge in [-0.25, -0.2) is 9.67 Å². The number of aromatic amines is 1. The molecule has 0 saturated carbocycles. The van der Waals surface area contributed by atoms with Crippen LogP contribution in [-0.4, -0.2) is 40.7 Å². The van der Waals surface area contributed by atoms with Crippen molar-refractivity contribution in [2.45, 2.75) is 12.7 Å². The van der Waals surface area contributed by atoms with Crippen LogP contribution in [0.15, 0.2) is 77.7 Å². The van der Waals surface area contributed by atoms with Crippen LogP contribution >= 0.6 is 0 Å². The van der Waals surface area contributed by atoms with E-state index in [9.17, 15) is 33.0 Å². The maximum absolute atomic E-state index is 13.8. The molecule has 0 fully saturated rings. The Morgan fingerprint density at radius 1 is 1.02 bits per heavy atom. The number of H-pyrrole nitrogens is 1. The number of nitrogens with one attached hydrogen (secondary N) is 2. The molecule has 0 unspecified atom stereocenters. The quantitative estimate of drug-likeness (QED) is 0.222. The number of aromatic nitrogens is 5. The van der Waals surface area contributed by atoms with Gasteiger partial charge in [0.15, 0.2) is 17.1 Å². The third-order valence-corrected chi connectivity index (χ3v) is 6.84. The van der Waals surface area contributed by atoms with Crippen LogP contribution in [0.3, 0.4) is 0 Å². The summed E-state index contributed by atoms with van der Waals surface area (Å²) < 4.78 is 43.2. The average Bonchev–Trinajstić information content (AvgIpc) is 3.52. The number of phenols is 2. The summed E-state index contributed by atoms with van der Waals surface area (Å²) in [4.78, 5) is 31.2. The number of aromatic hydroxyl groups is 2. The summed E-state index contributed by atoms with van der Waals surface area (Å²) in [6.45, 7) is 0.0637. The lowest BCUT2D eigenvalue weighted by molar-refractivity contribution is -0.137. The van der Waals surface area contributed by atoms with Gasteiger partial charge in [-0.1, -0.05) is 24.3 Å². The Labute approximate surface area is 234 Å². The van der Waals surface area contributed by atoms with E-state index < -0.39 is 23.2 Å². The first-order valence-corrected chi connectivity index (χ1v) is 12.5. The van der Waals surface area contributed by atoms with Crippen LogP contribution in [0.1, 0.15) is 21.5 Å². The van der Waals surface area contributed by atoms with Gasteiger partial charge >= 0.3 is 6.18 Å². The number of alkyl halides is 3. The molecular formula is C29H21F3N6O4. The summed E-state index contributed by atoms with van der Waals surface area (Å²) in [6.07, 6.45) is -3.08. The lowest BCUT2D eigenvalue weighted by Crippen LogP contribution is -2.23. The van der Waals surface area contributed by atoms with Gasteiger partial charge in [-0.05, 0) is 48.0 Å². The second kappa shape index (κ2) is 9.80. The highest BCUT2D eigenvalue weighted by molar-refractivity contribution is 6.07. The minimum absolute atomic E-state index is 0.0539. The molecule has 0 aliphatic heterocycles. The highest BCUT2D eigenvalue weighted by Gasteiger charge is 2.31. The van der Waals surface area contributed by atoms with Gasteiger partial charge in [0.25, 0.3) is 11.5 Å². The Bertz CT molecular complexity index is 2080. The summed E-state index contributed by atoms with van der Waals surface area (Å²) in [6, 6.07) is 15.0. The predicted molar refractivity (Wildman–Crippen MR) is 147 cm³/mol. The van der Waals surface area contributed by atoms with Gasteiger partial charge in [0.1, 0.15) is 0 Å². The number of rotatable bonds is 5. The number of carbonyl (C=O) groups excluding carboxylic acids is 1. The molecule has 212 valence electrons. The van der Waals surface area contributed by atoms with E-state index in [1.807, 2.05) is 0 Å². The summed E-state index contributed by atoms with van der Waals surface area (Å²) >= 11 is 0. The summed E-state index contributed by atoms with van der Waals surface area (Å²) in [5.74, 6) is -1.06. The number of fused-ring (bicyclic) bond motifs is 3. The van der Waals surface area contributed by atoms with Crippen LogP contribution in [0.5, 0.6) is 11.5 Å². The van der Waals surface area contributed by atoms with Crippen LogP contribution in [0.2, 0.25) is 0 Å². The molecule has 6 rings (SSSR count). The van der Waals surface area contributed by atoms with Crippen molar-refractivity contribution >= 4 is 27.8 Å². The first-order valence-electron chi connectivity index (χ1n) is 12.5. The maximum atomic E-state index is 13.8. The van der Waals surface area contributed by atoms with Crippen LogP contribution in [0.4, 0.5) is 13.2 Å². The van der Waals surface area contributed by atoms with Crippen molar-refractivity contribution in [1.29, 1.82) is 0 Å². The molecule has 0 bridgehead atoms. The van der Waals surface area contributed by atoms with Crippen LogP contribution < -0.4 is 10.9 Å². The van der Waals surface area contributed by atoms with Gasteiger partial charge in [0.05, 0.1) is 39.4 Å². The molecular weight excluding hydrogens is 553 g/mol. The van der Waals surface area contributed by atoms with Gasteiger partial charge in [0, 0.05) is 24.7 Å². The minimum Gasteiger partial charge on any atom is -0.504 e. The summed E-state index contributed by atoms with van der Waals surface area (Å²) in [5, 5.41) is 29.7. The maximum Gasteiger partial charge on any atom is 0.416 e. The molecule has 4 N–H and O–H groups in total. The first-order chi connectivity index (χ1) is 20.0. The minimum atomic E-state index is -4.59. The average molecular weight is 575 g/mol. The normalized spacial score (nSPS) is 11.8. The number of amides is 1. The van der Waals surface area contributed by atoms with E-state index in [0.717, 1.165) is 12.1 Å². The van der Waals surface area contributed by atoms with Gasteiger partial charge < -0.3 is 15.5 Å². The third kappa shape index (κ3) is 4.60. The molecule has 3 aromatic heterocycles. The van der Waals surface area contributed by atoms with E-state index in [0.29, 0.717) is 27.8 Å². The Balaban J connectivity index is 1.43. The molecule has 13 heteroatoms. The second-order valence-electron chi connectivity index (χ2n) is 9.60. The van der Waals surface area contributed by atoms with Crippen molar-refractivity contribution in [2.75, 3.05) is 0 Å². The molecule has 3 heterocycles. The fourth-order valence-corrected chi connectivity index (χ4v) is 4.74. The smallest absolute Gasteiger partial charge is 0.416 e. The Kier molecular flexibility index (Phi) is 6.21. The zero-order valence-corrected chi connectivity index (χ0v) is 21.8. The number of carbonyl (C=O) groups is 1. The molecule has 0 radical (unpaired) electrons. The molecule has 6 aromatic rings. The number of aryl methyl sites for hydroxylation is 1. The molecule has 0 aliphatic rings. The standard InChI is InChI=1S/C29H21F3N6O4/c1-37-26-20(14-34-37)25-23(24(35-26)16-4-2-6-18(11-16)29(30,31)32)28(42)38(36-25)19-7-3-5-17(12-19)27(41)33-13-15-8-9-21(39)22(40)10-15/h2-12,14,36,39-40H,13H2,1H3,(H,33,41). The van der Waals surface area contributed by atoms with Gasteiger partial charge in [-0.15, -0.1) is 0 Å². The molecule has 42 heavy (non-hydrogen) atoms. The fourth-order valence-electron chi connectivity index (χ4n) is 4.74. The van der Waals surface area contributed by atoms with Crippen molar-refractivity contribution in [3.8, 4) is 28.4 Å².